The van der Waals surface area contributed by atoms with Gasteiger partial charge in [0.2, 0.25) is 0 Å². The summed E-state index contributed by atoms with van der Waals surface area (Å²) in [5.74, 6) is 2.96. The number of hydrogen-bond donors (Lipinski definition) is 0. The largest absolute Gasteiger partial charge is 0.497 e. The number of carbonyl (C=O) groups is 1. The molecule has 2 aromatic carbocycles. The quantitative estimate of drug-likeness (QED) is 0.676. The predicted molar refractivity (Wildman–Crippen MR) is 101 cm³/mol. The van der Waals surface area contributed by atoms with E-state index in [0.29, 0.717) is 22.7 Å². The van der Waals surface area contributed by atoms with Gasteiger partial charge in [-0.1, -0.05) is 23.3 Å². The highest BCUT2D eigenvalue weighted by Gasteiger charge is 2.10. The van der Waals surface area contributed by atoms with Crippen molar-refractivity contribution in [1.82, 2.24) is 4.57 Å². The first-order chi connectivity index (χ1) is 12.0. The second-order valence-corrected chi connectivity index (χ2v) is 6.74. The number of rotatable bonds is 3. The lowest BCUT2D eigenvalue weighted by Crippen LogP contribution is -2.16. The maximum absolute atomic E-state index is 12.6. The SMILES string of the molecule is C#CCn1c(=NC(=O)c2cccc(OC)c2)sc2cc(C)c(C)cc21. The van der Waals surface area contributed by atoms with Crippen molar-refractivity contribution in [1.29, 1.82) is 0 Å². The number of hydrogen-bond acceptors (Lipinski definition) is 3. The van der Waals surface area contributed by atoms with Gasteiger partial charge in [0.15, 0.2) is 4.80 Å². The number of methoxy groups -OCH3 is 1. The van der Waals surface area contributed by atoms with Crippen molar-refractivity contribution < 1.29 is 9.53 Å². The minimum absolute atomic E-state index is 0.315. The topological polar surface area (TPSA) is 43.6 Å². The smallest absolute Gasteiger partial charge is 0.279 e. The van der Waals surface area contributed by atoms with E-state index in [1.54, 1.807) is 31.4 Å². The van der Waals surface area contributed by atoms with E-state index in [9.17, 15) is 4.79 Å². The Bertz CT molecular complexity index is 1070. The minimum Gasteiger partial charge on any atom is -0.497 e. The van der Waals surface area contributed by atoms with Crippen molar-refractivity contribution in [3.63, 3.8) is 0 Å². The summed E-state index contributed by atoms with van der Waals surface area (Å²) in [6, 6.07) is 11.2. The van der Waals surface area contributed by atoms with Crippen LogP contribution >= 0.6 is 11.3 Å². The van der Waals surface area contributed by atoms with Crippen molar-refractivity contribution in [2.24, 2.45) is 4.99 Å². The maximum Gasteiger partial charge on any atom is 0.279 e. The van der Waals surface area contributed by atoms with Crippen LogP contribution in [0.5, 0.6) is 5.75 Å². The zero-order valence-corrected chi connectivity index (χ0v) is 15.2. The molecular weight excluding hydrogens is 332 g/mol. The van der Waals surface area contributed by atoms with E-state index in [2.05, 4.69) is 36.9 Å². The molecule has 3 rings (SSSR count). The lowest BCUT2D eigenvalue weighted by atomic mass is 10.1. The minimum atomic E-state index is -0.315. The molecule has 1 heterocycles. The molecule has 25 heavy (non-hydrogen) atoms. The molecule has 0 aliphatic rings. The molecule has 0 saturated carbocycles. The first kappa shape index (κ1) is 17.0. The lowest BCUT2D eigenvalue weighted by Gasteiger charge is -2.03. The molecule has 4 nitrogen and oxygen atoms in total. The number of terminal acetylenes is 1. The Balaban J connectivity index is 2.16. The van der Waals surface area contributed by atoms with Crippen molar-refractivity contribution >= 4 is 27.5 Å². The average Bonchev–Trinajstić information content (AvgIpc) is 2.92. The fourth-order valence-corrected chi connectivity index (χ4v) is 3.67. The van der Waals surface area contributed by atoms with Crippen molar-refractivity contribution in [2.75, 3.05) is 7.11 Å². The number of aryl methyl sites for hydroxylation is 2. The number of ether oxygens (including phenoxy) is 1. The van der Waals surface area contributed by atoms with E-state index in [-0.39, 0.29) is 5.91 Å². The third kappa shape index (κ3) is 3.35. The van der Waals surface area contributed by atoms with Gasteiger partial charge in [0, 0.05) is 5.56 Å². The van der Waals surface area contributed by atoms with E-state index >= 15 is 0 Å². The van der Waals surface area contributed by atoms with E-state index in [4.69, 9.17) is 11.2 Å². The van der Waals surface area contributed by atoms with Crippen molar-refractivity contribution in [3.8, 4) is 18.1 Å². The second-order valence-electron chi connectivity index (χ2n) is 5.73. The summed E-state index contributed by atoms with van der Waals surface area (Å²) in [7, 11) is 1.57. The van der Waals surface area contributed by atoms with Crippen LogP contribution in [0.4, 0.5) is 0 Å². The molecule has 1 amide bonds. The molecule has 1 aromatic heterocycles. The van der Waals surface area contributed by atoms with Crippen molar-refractivity contribution in [3.05, 3.63) is 57.9 Å². The molecule has 5 heteroatoms. The molecular formula is C20H18N2O2S. The Morgan fingerprint density at radius 1 is 1.28 bits per heavy atom. The molecule has 126 valence electrons. The van der Waals surface area contributed by atoms with Crippen LogP contribution in [-0.2, 0) is 6.54 Å². The van der Waals surface area contributed by atoms with Gasteiger partial charge in [0.05, 0.1) is 23.9 Å². The standard InChI is InChI=1S/C20H18N2O2S/c1-5-9-22-17-10-13(2)14(3)11-18(17)25-20(22)21-19(23)15-7-6-8-16(12-15)24-4/h1,6-8,10-12H,9H2,2-4H3. The average molecular weight is 350 g/mol. The molecule has 3 aromatic rings. The molecule has 0 N–H and O–H groups in total. The fourth-order valence-electron chi connectivity index (χ4n) is 2.56. The van der Waals surface area contributed by atoms with E-state index in [1.807, 2.05) is 4.57 Å². The van der Waals surface area contributed by atoms with Crippen LogP contribution in [0, 0.1) is 26.2 Å². The monoisotopic (exact) mass is 350 g/mol. The fraction of sp³-hybridized carbons (Fsp3) is 0.200. The van der Waals surface area contributed by atoms with Gasteiger partial charge in [0.1, 0.15) is 5.75 Å². The Morgan fingerprint density at radius 3 is 2.76 bits per heavy atom. The third-order valence-electron chi connectivity index (χ3n) is 4.06. The third-order valence-corrected chi connectivity index (χ3v) is 5.10. The molecule has 0 fully saturated rings. The maximum atomic E-state index is 12.6. The number of nitrogens with zero attached hydrogens (tertiary/aromatic N) is 2. The summed E-state index contributed by atoms with van der Waals surface area (Å²) in [6.45, 7) is 4.50. The number of benzene rings is 2. The first-order valence-electron chi connectivity index (χ1n) is 7.80. The molecule has 0 aliphatic carbocycles. The molecule has 0 spiro atoms. The molecule has 0 aliphatic heterocycles. The molecule has 0 radical (unpaired) electrons. The van der Waals surface area contributed by atoms with Crippen LogP contribution in [0.3, 0.4) is 0 Å². The summed E-state index contributed by atoms with van der Waals surface area (Å²) in [5, 5.41) is 0. The molecule has 0 atom stereocenters. The number of aromatic nitrogens is 1. The van der Waals surface area contributed by atoms with Gasteiger partial charge in [-0.3, -0.25) is 4.79 Å². The van der Waals surface area contributed by atoms with Crippen LogP contribution in [0.15, 0.2) is 41.4 Å². The highest BCUT2D eigenvalue weighted by Crippen LogP contribution is 2.22. The lowest BCUT2D eigenvalue weighted by molar-refractivity contribution is 0.0997. The van der Waals surface area contributed by atoms with Gasteiger partial charge in [-0.05, 0) is 55.3 Å². The Labute approximate surface area is 150 Å². The number of amides is 1. The van der Waals surface area contributed by atoms with Gasteiger partial charge in [-0.2, -0.15) is 4.99 Å². The Hall–Kier alpha value is -2.84. The van der Waals surface area contributed by atoms with Gasteiger partial charge >= 0.3 is 0 Å². The summed E-state index contributed by atoms with van der Waals surface area (Å²) < 4.78 is 8.14. The normalized spacial score (nSPS) is 11.5. The zero-order valence-electron chi connectivity index (χ0n) is 14.4. The van der Waals surface area contributed by atoms with Gasteiger partial charge in [-0.25, -0.2) is 0 Å². The van der Waals surface area contributed by atoms with Crippen LogP contribution in [-0.4, -0.2) is 17.6 Å². The highest BCUT2D eigenvalue weighted by atomic mass is 32.1. The van der Waals surface area contributed by atoms with Crippen LogP contribution in [0.1, 0.15) is 21.5 Å². The van der Waals surface area contributed by atoms with Crippen LogP contribution < -0.4 is 9.54 Å². The molecule has 0 saturated heterocycles. The highest BCUT2D eigenvalue weighted by molar-refractivity contribution is 7.16. The number of carbonyl (C=O) groups excluding carboxylic acids is 1. The van der Waals surface area contributed by atoms with E-state index in [0.717, 1.165) is 10.2 Å². The Kier molecular flexibility index (Phi) is 4.73. The zero-order chi connectivity index (χ0) is 18.0. The molecule has 0 bridgehead atoms. The van der Waals surface area contributed by atoms with Crippen LogP contribution in [0.2, 0.25) is 0 Å². The van der Waals surface area contributed by atoms with Gasteiger partial charge in [0.25, 0.3) is 5.91 Å². The van der Waals surface area contributed by atoms with Gasteiger partial charge in [-0.15, -0.1) is 6.42 Å². The predicted octanol–water partition coefficient (Wildman–Crippen LogP) is 3.70. The number of thiazole rings is 1. The van der Waals surface area contributed by atoms with Crippen LogP contribution in [0.25, 0.3) is 10.2 Å². The van der Waals surface area contributed by atoms with E-state index < -0.39 is 0 Å². The Morgan fingerprint density at radius 2 is 2.04 bits per heavy atom. The number of fused-ring (bicyclic) bond motifs is 1. The first-order valence-corrected chi connectivity index (χ1v) is 8.62. The summed E-state index contributed by atoms with van der Waals surface area (Å²) in [4.78, 5) is 17.5. The summed E-state index contributed by atoms with van der Waals surface area (Å²) >= 11 is 1.47. The molecule has 0 unspecified atom stereocenters. The second kappa shape index (κ2) is 6.96. The van der Waals surface area contributed by atoms with Crippen molar-refractivity contribution in [2.45, 2.75) is 20.4 Å². The van der Waals surface area contributed by atoms with Gasteiger partial charge < -0.3 is 9.30 Å². The summed E-state index contributed by atoms with van der Waals surface area (Å²) in [5.41, 5.74) is 3.87. The van der Waals surface area contributed by atoms with E-state index in [1.165, 1.54) is 22.5 Å². The summed E-state index contributed by atoms with van der Waals surface area (Å²) in [6.07, 6.45) is 5.52.